The second-order valence-electron chi connectivity index (χ2n) is 4.61. The Morgan fingerprint density at radius 1 is 1.33 bits per heavy atom. The molecular formula is C13H14F2O6. The van der Waals surface area contributed by atoms with Gasteiger partial charge in [0.1, 0.15) is 18.8 Å². The van der Waals surface area contributed by atoms with Crippen molar-refractivity contribution in [3.8, 4) is 0 Å². The summed E-state index contributed by atoms with van der Waals surface area (Å²) in [6, 6.07) is 7.78. The minimum absolute atomic E-state index is 0.192. The number of hydrogen-bond donors (Lipinski definition) is 3. The van der Waals surface area contributed by atoms with Crippen LogP contribution in [0.3, 0.4) is 0 Å². The lowest BCUT2D eigenvalue weighted by Gasteiger charge is -2.29. The van der Waals surface area contributed by atoms with E-state index in [0.29, 0.717) is 0 Å². The maximum Gasteiger partial charge on any atom is 0.338 e. The van der Waals surface area contributed by atoms with Gasteiger partial charge in [-0.2, -0.15) is 0 Å². The Bertz CT molecular complexity index is 497. The lowest BCUT2D eigenvalue weighted by molar-refractivity contribution is -0.173. The molecule has 0 spiro atoms. The first-order valence-corrected chi connectivity index (χ1v) is 6.11. The molecule has 1 heterocycles. The Balaban J connectivity index is 2.04. The minimum Gasteiger partial charge on any atom is -0.459 e. The maximum absolute atomic E-state index is 12.9. The lowest BCUT2D eigenvalue weighted by atomic mass is 9.93. The second-order valence-corrected chi connectivity index (χ2v) is 4.61. The fourth-order valence-electron chi connectivity index (χ4n) is 2.02. The van der Waals surface area contributed by atoms with Crippen LogP contribution in [-0.4, -0.2) is 58.4 Å². The predicted octanol–water partition coefficient (Wildman–Crippen LogP) is -0.0823. The third-order valence-corrected chi connectivity index (χ3v) is 3.29. The summed E-state index contributed by atoms with van der Waals surface area (Å²) in [5, 5.41) is 28.4. The molecule has 3 N–H and O–H groups in total. The molecule has 0 radical (unpaired) electrons. The molecule has 1 fully saturated rings. The molecule has 116 valence electrons. The fraction of sp³-hybridized carbons (Fsp3) is 0.462. The molecule has 6 nitrogen and oxygen atoms in total. The average Bonchev–Trinajstić information content (AvgIpc) is 2.71. The summed E-state index contributed by atoms with van der Waals surface area (Å²) in [5.41, 5.74) is -2.81. The SMILES string of the molecule is O=C(OC[C@H]1O[C@H](O)[C@H](O)C1(O)C(F)F)c1ccccc1. The van der Waals surface area contributed by atoms with Crippen molar-refractivity contribution in [3.05, 3.63) is 35.9 Å². The van der Waals surface area contributed by atoms with Gasteiger partial charge in [0.15, 0.2) is 11.9 Å². The van der Waals surface area contributed by atoms with Gasteiger partial charge in [-0.15, -0.1) is 0 Å². The number of alkyl halides is 2. The molecular weight excluding hydrogens is 290 g/mol. The Morgan fingerprint density at radius 3 is 2.52 bits per heavy atom. The number of halogens is 2. The molecule has 1 aromatic rings. The van der Waals surface area contributed by atoms with Crippen LogP contribution in [0, 0.1) is 0 Å². The van der Waals surface area contributed by atoms with Gasteiger partial charge in [0, 0.05) is 0 Å². The van der Waals surface area contributed by atoms with Crippen molar-refractivity contribution >= 4 is 5.97 Å². The number of carbonyl (C=O) groups excluding carboxylic acids is 1. The standard InChI is InChI=1S/C13H14F2O6/c14-12(15)13(19)8(21-11(18)9(13)16)6-20-10(17)7-4-2-1-3-5-7/h1-5,8-9,11-12,16,18-19H,6H2/t8-,9+,11+,13?/m1/s1. The van der Waals surface area contributed by atoms with Gasteiger partial charge in [0.25, 0.3) is 6.43 Å². The Hall–Kier alpha value is -1.61. The van der Waals surface area contributed by atoms with Crippen molar-refractivity contribution in [2.75, 3.05) is 6.61 Å². The van der Waals surface area contributed by atoms with E-state index in [9.17, 15) is 28.9 Å². The molecule has 2 rings (SSSR count). The number of ether oxygens (including phenoxy) is 2. The van der Waals surface area contributed by atoms with Gasteiger partial charge in [-0.1, -0.05) is 18.2 Å². The molecule has 0 bridgehead atoms. The number of benzene rings is 1. The summed E-state index contributed by atoms with van der Waals surface area (Å²) in [7, 11) is 0. The van der Waals surface area contributed by atoms with Crippen LogP contribution in [0.15, 0.2) is 30.3 Å². The molecule has 1 unspecified atom stereocenters. The van der Waals surface area contributed by atoms with E-state index in [0.717, 1.165) is 0 Å². The van der Waals surface area contributed by atoms with Crippen LogP contribution in [0.4, 0.5) is 8.78 Å². The summed E-state index contributed by atoms with van der Waals surface area (Å²) < 4.78 is 35.2. The van der Waals surface area contributed by atoms with Gasteiger partial charge in [-0.25, -0.2) is 13.6 Å². The van der Waals surface area contributed by atoms with Crippen LogP contribution >= 0.6 is 0 Å². The Kier molecular flexibility index (Phi) is 4.52. The van der Waals surface area contributed by atoms with Crippen molar-refractivity contribution in [3.63, 3.8) is 0 Å². The van der Waals surface area contributed by atoms with Gasteiger partial charge in [-0.3, -0.25) is 0 Å². The number of hydrogen-bond acceptors (Lipinski definition) is 6. The molecule has 1 saturated heterocycles. The Morgan fingerprint density at radius 2 is 1.95 bits per heavy atom. The first-order chi connectivity index (χ1) is 9.87. The van der Waals surface area contributed by atoms with Crippen LogP contribution in [0.5, 0.6) is 0 Å². The van der Waals surface area contributed by atoms with Crippen molar-refractivity contribution in [1.82, 2.24) is 0 Å². The highest BCUT2D eigenvalue weighted by molar-refractivity contribution is 5.89. The minimum atomic E-state index is -3.38. The van der Waals surface area contributed by atoms with E-state index in [1.54, 1.807) is 18.2 Å². The first kappa shape index (κ1) is 15.8. The van der Waals surface area contributed by atoms with Gasteiger partial charge in [0.2, 0.25) is 0 Å². The van der Waals surface area contributed by atoms with Crippen LogP contribution in [0.1, 0.15) is 10.4 Å². The second kappa shape index (κ2) is 6.02. The molecule has 0 saturated carbocycles. The largest absolute Gasteiger partial charge is 0.459 e. The van der Waals surface area contributed by atoms with Crippen molar-refractivity contribution < 1.29 is 38.4 Å². The highest BCUT2D eigenvalue weighted by atomic mass is 19.3. The smallest absolute Gasteiger partial charge is 0.338 e. The van der Waals surface area contributed by atoms with Gasteiger partial charge >= 0.3 is 5.97 Å². The predicted molar refractivity (Wildman–Crippen MR) is 64.6 cm³/mol. The van der Waals surface area contributed by atoms with Crippen LogP contribution < -0.4 is 0 Å². The number of aliphatic hydroxyl groups excluding tert-OH is 2. The van der Waals surface area contributed by atoms with Gasteiger partial charge in [-0.05, 0) is 12.1 Å². The molecule has 0 aromatic heterocycles. The topological polar surface area (TPSA) is 96.2 Å². The highest BCUT2D eigenvalue weighted by Crippen LogP contribution is 2.35. The van der Waals surface area contributed by atoms with Crippen LogP contribution in [0.25, 0.3) is 0 Å². The molecule has 1 aliphatic rings. The summed E-state index contributed by atoms with van der Waals surface area (Å²) in [4.78, 5) is 11.7. The summed E-state index contributed by atoms with van der Waals surface area (Å²) >= 11 is 0. The Labute approximate surface area is 118 Å². The molecule has 0 aliphatic carbocycles. The van der Waals surface area contributed by atoms with Crippen molar-refractivity contribution in [2.45, 2.75) is 30.5 Å². The normalized spacial score (nSPS) is 32.4. The summed E-state index contributed by atoms with van der Waals surface area (Å²) in [5.74, 6) is -0.799. The molecule has 0 amide bonds. The first-order valence-electron chi connectivity index (χ1n) is 6.11. The lowest BCUT2D eigenvalue weighted by Crippen LogP contribution is -2.55. The van der Waals surface area contributed by atoms with E-state index in [1.165, 1.54) is 12.1 Å². The zero-order chi connectivity index (χ0) is 15.6. The summed E-state index contributed by atoms with van der Waals surface area (Å²) in [6.07, 6.45) is -9.30. The molecule has 1 aliphatic heterocycles. The van der Waals surface area contributed by atoms with Crippen molar-refractivity contribution in [1.29, 1.82) is 0 Å². The van der Waals surface area contributed by atoms with E-state index in [4.69, 9.17) is 4.74 Å². The van der Waals surface area contributed by atoms with Crippen LogP contribution in [0.2, 0.25) is 0 Å². The monoisotopic (exact) mass is 304 g/mol. The number of aliphatic hydroxyl groups is 3. The zero-order valence-electron chi connectivity index (χ0n) is 10.7. The van der Waals surface area contributed by atoms with E-state index < -0.39 is 43.1 Å². The average molecular weight is 304 g/mol. The number of carbonyl (C=O) groups is 1. The highest BCUT2D eigenvalue weighted by Gasteiger charge is 2.61. The molecule has 8 heteroatoms. The fourth-order valence-corrected chi connectivity index (χ4v) is 2.02. The third kappa shape index (κ3) is 2.88. The van der Waals surface area contributed by atoms with Gasteiger partial charge < -0.3 is 24.8 Å². The van der Waals surface area contributed by atoms with Crippen molar-refractivity contribution in [2.24, 2.45) is 0 Å². The molecule has 1 aromatic carbocycles. The van der Waals surface area contributed by atoms with E-state index in [1.807, 2.05) is 0 Å². The van der Waals surface area contributed by atoms with E-state index >= 15 is 0 Å². The van der Waals surface area contributed by atoms with E-state index in [2.05, 4.69) is 4.74 Å². The van der Waals surface area contributed by atoms with Gasteiger partial charge in [0.05, 0.1) is 5.56 Å². The zero-order valence-corrected chi connectivity index (χ0v) is 10.7. The number of esters is 1. The quantitative estimate of drug-likeness (QED) is 0.673. The third-order valence-electron chi connectivity index (χ3n) is 3.29. The maximum atomic E-state index is 12.9. The molecule has 21 heavy (non-hydrogen) atoms. The van der Waals surface area contributed by atoms with Crippen LogP contribution in [-0.2, 0) is 9.47 Å². The summed E-state index contributed by atoms with van der Waals surface area (Å²) in [6.45, 7) is -0.733. The molecule has 4 atom stereocenters. The van der Waals surface area contributed by atoms with E-state index in [-0.39, 0.29) is 5.56 Å². The number of rotatable bonds is 4.